The van der Waals surface area contributed by atoms with Crippen LogP contribution in [0.15, 0.2) is 12.1 Å². The van der Waals surface area contributed by atoms with Gasteiger partial charge < -0.3 is 10.4 Å². The van der Waals surface area contributed by atoms with Crippen LogP contribution in [-0.4, -0.2) is 27.4 Å². The van der Waals surface area contributed by atoms with Gasteiger partial charge >= 0.3 is 0 Å². The average Bonchev–Trinajstić information content (AvgIpc) is 2.28. The lowest BCUT2D eigenvalue weighted by molar-refractivity contribution is -0.000836. The highest BCUT2D eigenvalue weighted by Gasteiger charge is 2.32. The Labute approximate surface area is 106 Å². The molecule has 1 aromatic rings. The van der Waals surface area contributed by atoms with Crippen molar-refractivity contribution in [3.8, 4) is 0 Å². The first kappa shape index (κ1) is 12.6. The molecule has 0 amide bonds. The second kappa shape index (κ2) is 5.19. The first-order chi connectivity index (χ1) is 8.07. The Kier molecular flexibility index (Phi) is 3.84. The van der Waals surface area contributed by atoms with E-state index in [4.69, 9.17) is 11.6 Å². The van der Waals surface area contributed by atoms with E-state index in [1.807, 2.05) is 0 Å². The zero-order valence-electron chi connectivity index (χ0n) is 9.99. The van der Waals surface area contributed by atoms with Crippen LogP contribution in [-0.2, 0) is 0 Å². The highest BCUT2D eigenvalue weighted by molar-refractivity contribution is 6.29. The van der Waals surface area contributed by atoms with E-state index in [-0.39, 0.29) is 0 Å². The van der Waals surface area contributed by atoms with Crippen molar-refractivity contribution in [2.45, 2.75) is 38.2 Å². The van der Waals surface area contributed by atoms with Crippen LogP contribution in [0.4, 0.5) is 5.82 Å². The van der Waals surface area contributed by atoms with Gasteiger partial charge in [0.2, 0.25) is 0 Å². The molecule has 1 aromatic heterocycles. The second-order valence-electron chi connectivity index (χ2n) is 5.02. The van der Waals surface area contributed by atoms with Gasteiger partial charge in [0.25, 0.3) is 0 Å². The first-order valence-corrected chi connectivity index (χ1v) is 6.41. The van der Waals surface area contributed by atoms with Gasteiger partial charge in [0.1, 0.15) is 5.82 Å². The topological polar surface area (TPSA) is 58.0 Å². The van der Waals surface area contributed by atoms with Crippen molar-refractivity contribution >= 4 is 17.4 Å². The number of anilines is 1. The maximum Gasteiger partial charge on any atom is 0.151 e. The molecule has 5 heteroatoms. The largest absolute Gasteiger partial charge is 0.388 e. The molecule has 2 rings (SSSR count). The zero-order chi connectivity index (χ0) is 12.3. The Bertz CT molecular complexity index is 371. The highest BCUT2D eigenvalue weighted by Crippen LogP contribution is 2.32. The van der Waals surface area contributed by atoms with Crippen molar-refractivity contribution in [2.75, 3.05) is 11.9 Å². The molecule has 0 bridgehead atoms. The number of halogens is 1. The van der Waals surface area contributed by atoms with Crippen LogP contribution >= 0.6 is 11.6 Å². The van der Waals surface area contributed by atoms with Gasteiger partial charge in [0.15, 0.2) is 5.15 Å². The molecule has 1 heterocycles. The van der Waals surface area contributed by atoms with Gasteiger partial charge in [-0.2, -0.15) is 0 Å². The lowest BCUT2D eigenvalue weighted by Gasteiger charge is -2.35. The molecular formula is C12H18ClN3O. The minimum atomic E-state index is -0.612. The van der Waals surface area contributed by atoms with E-state index in [1.165, 1.54) is 6.42 Å². The van der Waals surface area contributed by atoms with Gasteiger partial charge in [-0.3, -0.25) is 0 Å². The molecular weight excluding hydrogens is 238 g/mol. The molecule has 1 saturated carbocycles. The summed E-state index contributed by atoms with van der Waals surface area (Å²) < 4.78 is 0. The van der Waals surface area contributed by atoms with Crippen molar-refractivity contribution in [3.63, 3.8) is 0 Å². The van der Waals surface area contributed by atoms with Crippen molar-refractivity contribution in [2.24, 2.45) is 5.92 Å². The third-order valence-corrected chi connectivity index (χ3v) is 3.50. The second-order valence-corrected chi connectivity index (χ2v) is 5.41. The number of hydrogen-bond donors (Lipinski definition) is 2. The fraction of sp³-hybridized carbons (Fsp3) is 0.667. The van der Waals surface area contributed by atoms with Crippen molar-refractivity contribution in [1.29, 1.82) is 0 Å². The molecule has 4 nitrogen and oxygen atoms in total. The van der Waals surface area contributed by atoms with Crippen molar-refractivity contribution in [3.05, 3.63) is 17.3 Å². The molecule has 94 valence electrons. The van der Waals surface area contributed by atoms with Crippen LogP contribution in [0.1, 0.15) is 32.6 Å². The molecule has 0 spiro atoms. The van der Waals surface area contributed by atoms with E-state index < -0.39 is 5.60 Å². The molecule has 17 heavy (non-hydrogen) atoms. The summed E-state index contributed by atoms with van der Waals surface area (Å²) in [6.07, 6.45) is 4.00. The number of nitrogens with one attached hydrogen (secondary N) is 1. The summed E-state index contributed by atoms with van der Waals surface area (Å²) >= 11 is 5.66. The fourth-order valence-electron chi connectivity index (χ4n) is 2.46. The molecule has 1 aliphatic carbocycles. The van der Waals surface area contributed by atoms with E-state index in [2.05, 4.69) is 22.4 Å². The molecule has 0 aliphatic heterocycles. The predicted octanol–water partition coefficient (Wildman–Crippen LogP) is 2.48. The highest BCUT2D eigenvalue weighted by atomic mass is 35.5. The van der Waals surface area contributed by atoms with Crippen LogP contribution in [0.5, 0.6) is 0 Å². The molecule has 0 radical (unpaired) electrons. The van der Waals surface area contributed by atoms with Gasteiger partial charge in [0.05, 0.1) is 5.60 Å². The Balaban J connectivity index is 1.90. The summed E-state index contributed by atoms with van der Waals surface area (Å²) in [6.45, 7) is 2.71. The van der Waals surface area contributed by atoms with E-state index in [1.54, 1.807) is 12.1 Å². The summed E-state index contributed by atoms with van der Waals surface area (Å²) in [7, 11) is 0. The van der Waals surface area contributed by atoms with Crippen LogP contribution in [0.2, 0.25) is 5.15 Å². The van der Waals surface area contributed by atoms with E-state index in [0.29, 0.717) is 23.4 Å². The first-order valence-electron chi connectivity index (χ1n) is 6.03. The van der Waals surface area contributed by atoms with Gasteiger partial charge in [0, 0.05) is 6.54 Å². The SMILES string of the molecule is CC1CCCC(O)(CNc2ccc(Cl)nn2)C1. The molecule has 2 atom stereocenters. The van der Waals surface area contributed by atoms with Crippen LogP contribution in [0.25, 0.3) is 0 Å². The smallest absolute Gasteiger partial charge is 0.151 e. The molecule has 2 N–H and O–H groups in total. The number of aliphatic hydroxyl groups is 1. The van der Waals surface area contributed by atoms with Gasteiger partial charge in [-0.1, -0.05) is 31.4 Å². The number of hydrogen-bond acceptors (Lipinski definition) is 4. The van der Waals surface area contributed by atoms with Crippen LogP contribution < -0.4 is 5.32 Å². The molecule has 0 aromatic carbocycles. The monoisotopic (exact) mass is 255 g/mol. The Morgan fingerprint density at radius 3 is 3.00 bits per heavy atom. The lowest BCUT2D eigenvalue weighted by Crippen LogP contribution is -2.41. The summed E-state index contributed by atoms with van der Waals surface area (Å²) in [5, 5.41) is 21.6. The normalized spacial score (nSPS) is 29.0. The number of rotatable bonds is 3. The molecule has 0 saturated heterocycles. The van der Waals surface area contributed by atoms with Gasteiger partial charge in [-0.25, -0.2) is 0 Å². The summed E-state index contributed by atoms with van der Waals surface area (Å²) in [4.78, 5) is 0. The summed E-state index contributed by atoms with van der Waals surface area (Å²) in [6, 6.07) is 3.45. The van der Waals surface area contributed by atoms with Gasteiger partial charge in [-0.05, 0) is 30.9 Å². The minimum Gasteiger partial charge on any atom is -0.388 e. The lowest BCUT2D eigenvalue weighted by atomic mass is 9.79. The molecule has 1 fully saturated rings. The standard InChI is InChI=1S/C12H18ClN3O/c1-9-3-2-6-12(17,7-9)8-14-11-5-4-10(13)15-16-11/h4-5,9,17H,2-3,6-8H2,1H3,(H,14,16). The van der Waals surface area contributed by atoms with Crippen LogP contribution in [0.3, 0.4) is 0 Å². The Morgan fingerprint density at radius 2 is 2.35 bits per heavy atom. The van der Waals surface area contributed by atoms with Crippen molar-refractivity contribution < 1.29 is 5.11 Å². The third-order valence-electron chi connectivity index (χ3n) is 3.30. The maximum atomic E-state index is 10.4. The zero-order valence-corrected chi connectivity index (χ0v) is 10.7. The number of nitrogens with zero attached hydrogens (tertiary/aromatic N) is 2. The van der Waals surface area contributed by atoms with E-state index in [9.17, 15) is 5.11 Å². The predicted molar refractivity (Wildman–Crippen MR) is 68.1 cm³/mol. The van der Waals surface area contributed by atoms with Crippen LogP contribution in [0, 0.1) is 5.92 Å². The van der Waals surface area contributed by atoms with Gasteiger partial charge in [-0.15, -0.1) is 10.2 Å². The van der Waals surface area contributed by atoms with Crippen molar-refractivity contribution in [1.82, 2.24) is 10.2 Å². The summed E-state index contributed by atoms with van der Waals surface area (Å²) in [5.41, 5.74) is -0.612. The average molecular weight is 256 g/mol. The summed E-state index contributed by atoms with van der Waals surface area (Å²) in [5.74, 6) is 1.24. The van der Waals surface area contributed by atoms with E-state index in [0.717, 1.165) is 19.3 Å². The molecule has 2 unspecified atom stereocenters. The minimum absolute atomic E-state index is 0.376. The fourth-order valence-corrected chi connectivity index (χ4v) is 2.56. The molecule has 1 aliphatic rings. The van der Waals surface area contributed by atoms with E-state index >= 15 is 0 Å². The maximum absolute atomic E-state index is 10.4. The number of aromatic nitrogens is 2. The quantitative estimate of drug-likeness (QED) is 0.871. The Morgan fingerprint density at radius 1 is 1.53 bits per heavy atom. The third kappa shape index (κ3) is 3.54. The Hall–Kier alpha value is -0.870.